The van der Waals surface area contributed by atoms with Crippen LogP contribution < -0.4 is 0 Å². The standard InChI is InChI=1S/C10H8Br2N4O2S/c11-5-4-6(19-7(5)12)8-13-14-15-16(8)10(9(17)18)2-1-3-10/h4H,1-3H2,(H,17,18). The fourth-order valence-corrected chi connectivity index (χ4v) is 4.12. The van der Waals surface area contributed by atoms with Crippen molar-refractivity contribution in [2.75, 3.05) is 0 Å². The van der Waals surface area contributed by atoms with Gasteiger partial charge in [-0.2, -0.15) is 0 Å². The lowest BCUT2D eigenvalue weighted by molar-refractivity contribution is -0.153. The molecule has 1 aliphatic rings. The summed E-state index contributed by atoms with van der Waals surface area (Å²) >= 11 is 8.28. The number of halogens is 2. The lowest BCUT2D eigenvalue weighted by Gasteiger charge is -2.37. The molecule has 19 heavy (non-hydrogen) atoms. The molecule has 100 valence electrons. The number of carboxylic acids is 1. The summed E-state index contributed by atoms with van der Waals surface area (Å²) < 4.78 is 3.28. The number of hydrogen-bond donors (Lipinski definition) is 1. The highest BCUT2D eigenvalue weighted by molar-refractivity contribution is 9.13. The molecular formula is C10H8Br2N4O2S. The van der Waals surface area contributed by atoms with Gasteiger partial charge in [0.2, 0.25) is 0 Å². The minimum absolute atomic E-state index is 0.499. The molecule has 1 aliphatic carbocycles. The third kappa shape index (κ3) is 1.95. The Bertz CT molecular complexity index is 630. The maximum absolute atomic E-state index is 11.5. The molecule has 0 bridgehead atoms. The molecule has 1 saturated carbocycles. The minimum Gasteiger partial charge on any atom is -0.479 e. The Labute approximate surface area is 129 Å². The number of tetrazole rings is 1. The molecule has 0 aromatic carbocycles. The first-order valence-corrected chi connectivity index (χ1v) is 7.92. The third-order valence-corrected chi connectivity index (χ3v) is 6.57. The van der Waals surface area contributed by atoms with Crippen molar-refractivity contribution in [1.29, 1.82) is 0 Å². The Hall–Kier alpha value is -0.800. The van der Waals surface area contributed by atoms with E-state index < -0.39 is 11.5 Å². The largest absolute Gasteiger partial charge is 0.479 e. The monoisotopic (exact) mass is 406 g/mol. The Kier molecular flexibility index (Phi) is 3.22. The number of nitrogens with zero attached hydrogens (tertiary/aromatic N) is 4. The summed E-state index contributed by atoms with van der Waals surface area (Å²) in [6, 6.07) is 1.88. The van der Waals surface area contributed by atoms with Gasteiger partial charge in [0, 0.05) is 4.47 Å². The van der Waals surface area contributed by atoms with Crippen LogP contribution in [0.1, 0.15) is 19.3 Å². The normalized spacial score (nSPS) is 17.2. The molecular weight excluding hydrogens is 400 g/mol. The molecule has 0 unspecified atom stereocenters. The van der Waals surface area contributed by atoms with Crippen LogP contribution >= 0.6 is 43.2 Å². The van der Waals surface area contributed by atoms with Crippen LogP contribution in [0.15, 0.2) is 14.3 Å². The van der Waals surface area contributed by atoms with Gasteiger partial charge in [0.25, 0.3) is 0 Å². The van der Waals surface area contributed by atoms with Crippen molar-refractivity contribution in [3.8, 4) is 10.7 Å². The molecule has 0 radical (unpaired) electrons. The summed E-state index contributed by atoms with van der Waals surface area (Å²) in [5.41, 5.74) is -0.984. The highest BCUT2D eigenvalue weighted by Gasteiger charge is 2.49. The molecule has 2 heterocycles. The fourth-order valence-electron chi connectivity index (χ4n) is 2.11. The van der Waals surface area contributed by atoms with Gasteiger partial charge < -0.3 is 5.11 Å². The fraction of sp³-hybridized carbons (Fsp3) is 0.400. The van der Waals surface area contributed by atoms with Crippen LogP contribution in [-0.4, -0.2) is 31.3 Å². The first-order chi connectivity index (χ1) is 9.04. The molecule has 0 amide bonds. The van der Waals surface area contributed by atoms with Crippen LogP contribution in [-0.2, 0) is 10.3 Å². The molecule has 2 aromatic heterocycles. The second kappa shape index (κ2) is 4.64. The first-order valence-electron chi connectivity index (χ1n) is 5.52. The van der Waals surface area contributed by atoms with Gasteiger partial charge in [0.15, 0.2) is 11.4 Å². The summed E-state index contributed by atoms with van der Waals surface area (Å²) in [4.78, 5) is 12.4. The summed E-state index contributed by atoms with van der Waals surface area (Å²) in [6.07, 6.45) is 2.01. The zero-order valence-electron chi connectivity index (χ0n) is 9.51. The zero-order chi connectivity index (χ0) is 13.6. The second-order valence-electron chi connectivity index (χ2n) is 4.34. The van der Waals surface area contributed by atoms with E-state index in [4.69, 9.17) is 0 Å². The average molecular weight is 408 g/mol. The Balaban J connectivity index is 2.10. The van der Waals surface area contributed by atoms with Gasteiger partial charge >= 0.3 is 5.97 Å². The van der Waals surface area contributed by atoms with Crippen LogP contribution in [0.25, 0.3) is 10.7 Å². The number of carbonyl (C=O) groups is 1. The van der Waals surface area contributed by atoms with E-state index in [0.29, 0.717) is 18.7 Å². The number of aliphatic carboxylic acids is 1. The molecule has 0 spiro atoms. The lowest BCUT2D eigenvalue weighted by Crippen LogP contribution is -2.48. The zero-order valence-corrected chi connectivity index (χ0v) is 13.5. The van der Waals surface area contributed by atoms with Gasteiger partial charge in [-0.25, -0.2) is 9.48 Å². The number of aromatic nitrogens is 4. The summed E-state index contributed by atoms with van der Waals surface area (Å²) in [7, 11) is 0. The maximum Gasteiger partial charge on any atom is 0.331 e. The molecule has 2 aromatic rings. The molecule has 6 nitrogen and oxygen atoms in total. The van der Waals surface area contributed by atoms with E-state index in [1.54, 1.807) is 0 Å². The highest BCUT2D eigenvalue weighted by atomic mass is 79.9. The number of hydrogen-bond acceptors (Lipinski definition) is 5. The van der Waals surface area contributed by atoms with Gasteiger partial charge in [-0.3, -0.25) is 0 Å². The third-order valence-electron chi connectivity index (χ3n) is 3.32. The van der Waals surface area contributed by atoms with Gasteiger partial charge in [-0.05, 0) is 67.6 Å². The molecule has 3 rings (SSSR count). The minimum atomic E-state index is -0.984. The number of rotatable bonds is 3. The van der Waals surface area contributed by atoms with E-state index in [-0.39, 0.29) is 0 Å². The quantitative estimate of drug-likeness (QED) is 0.845. The topological polar surface area (TPSA) is 80.9 Å². The van der Waals surface area contributed by atoms with Crippen molar-refractivity contribution in [2.45, 2.75) is 24.8 Å². The predicted octanol–water partition coefficient (Wildman–Crippen LogP) is 2.89. The van der Waals surface area contributed by atoms with Crippen molar-refractivity contribution >= 4 is 49.2 Å². The van der Waals surface area contributed by atoms with Gasteiger partial charge in [0.05, 0.1) is 8.66 Å². The number of carboxylic acid groups (broad SMARTS) is 1. The van der Waals surface area contributed by atoms with Crippen molar-refractivity contribution in [3.05, 3.63) is 14.3 Å². The number of thiophene rings is 1. The van der Waals surface area contributed by atoms with Gasteiger partial charge in [-0.1, -0.05) is 0 Å². The van der Waals surface area contributed by atoms with Crippen LogP contribution in [0.2, 0.25) is 0 Å². The van der Waals surface area contributed by atoms with E-state index in [1.807, 2.05) is 6.07 Å². The summed E-state index contributed by atoms with van der Waals surface area (Å²) in [5.74, 6) is -0.375. The van der Waals surface area contributed by atoms with Crippen LogP contribution in [0.4, 0.5) is 0 Å². The average Bonchev–Trinajstić information content (AvgIpc) is 2.85. The van der Waals surface area contributed by atoms with Crippen molar-refractivity contribution in [2.24, 2.45) is 0 Å². The van der Waals surface area contributed by atoms with Gasteiger partial charge in [0.1, 0.15) is 0 Å². The Morgan fingerprint density at radius 1 is 1.47 bits per heavy atom. The van der Waals surface area contributed by atoms with Crippen LogP contribution in [0.3, 0.4) is 0 Å². The van der Waals surface area contributed by atoms with E-state index in [1.165, 1.54) is 16.0 Å². The molecule has 0 atom stereocenters. The SMILES string of the molecule is O=C(O)C1(n2nnnc2-c2cc(Br)c(Br)s2)CCC1. The molecule has 9 heteroatoms. The summed E-state index contributed by atoms with van der Waals surface area (Å²) in [6.45, 7) is 0. The lowest BCUT2D eigenvalue weighted by atomic mass is 9.77. The molecule has 0 aliphatic heterocycles. The first kappa shape index (κ1) is 13.2. The van der Waals surface area contributed by atoms with Crippen LogP contribution in [0, 0.1) is 0 Å². The van der Waals surface area contributed by atoms with Crippen LogP contribution in [0.5, 0.6) is 0 Å². The van der Waals surface area contributed by atoms with E-state index >= 15 is 0 Å². The van der Waals surface area contributed by atoms with Crippen molar-refractivity contribution < 1.29 is 9.90 Å². The maximum atomic E-state index is 11.5. The Morgan fingerprint density at radius 2 is 2.21 bits per heavy atom. The Morgan fingerprint density at radius 3 is 2.68 bits per heavy atom. The molecule has 0 saturated heterocycles. The summed E-state index contributed by atoms with van der Waals surface area (Å²) in [5, 5.41) is 21.0. The van der Waals surface area contributed by atoms with E-state index in [2.05, 4.69) is 47.4 Å². The molecule has 1 N–H and O–H groups in total. The van der Waals surface area contributed by atoms with Gasteiger partial charge in [-0.15, -0.1) is 16.4 Å². The van der Waals surface area contributed by atoms with Crippen molar-refractivity contribution in [1.82, 2.24) is 20.2 Å². The van der Waals surface area contributed by atoms with E-state index in [9.17, 15) is 9.90 Å². The highest BCUT2D eigenvalue weighted by Crippen LogP contribution is 2.43. The van der Waals surface area contributed by atoms with E-state index in [0.717, 1.165) is 19.6 Å². The molecule has 1 fully saturated rings. The predicted molar refractivity (Wildman–Crippen MR) is 76.0 cm³/mol. The van der Waals surface area contributed by atoms with Crippen molar-refractivity contribution in [3.63, 3.8) is 0 Å². The second-order valence-corrected chi connectivity index (χ2v) is 7.56. The smallest absolute Gasteiger partial charge is 0.331 e.